The summed E-state index contributed by atoms with van der Waals surface area (Å²) in [6.45, 7) is 2.78. The highest BCUT2D eigenvalue weighted by Crippen LogP contribution is 2.13. The zero-order chi connectivity index (χ0) is 8.97. The summed E-state index contributed by atoms with van der Waals surface area (Å²) in [5, 5.41) is 3.64. The Balaban J connectivity index is 2.87. The molecule has 1 heterocycles. The van der Waals surface area contributed by atoms with Crippen LogP contribution in [0.1, 0.15) is 12.5 Å². The zero-order valence-electron chi connectivity index (χ0n) is 6.67. The van der Waals surface area contributed by atoms with Crippen molar-refractivity contribution in [2.45, 2.75) is 6.92 Å². The van der Waals surface area contributed by atoms with Crippen molar-refractivity contribution < 1.29 is 0 Å². The summed E-state index contributed by atoms with van der Waals surface area (Å²) in [7, 11) is 0. The van der Waals surface area contributed by atoms with Crippen molar-refractivity contribution >= 4 is 28.8 Å². The number of nitrogens with zero attached hydrogens (tertiary/aromatic N) is 1. The Bertz CT molecular complexity index is 288. The molecule has 0 aliphatic rings. The minimum Gasteiger partial charge on any atom is -0.376 e. The third kappa shape index (κ3) is 2.16. The fourth-order valence-corrected chi connectivity index (χ4v) is 1.36. The van der Waals surface area contributed by atoms with Crippen LogP contribution in [0.3, 0.4) is 0 Å². The molecule has 0 bridgehead atoms. The Labute approximate surface area is 82.0 Å². The Kier molecular flexibility index (Phi) is 3.44. The lowest BCUT2D eigenvalue weighted by Gasteiger charge is -2.05. The van der Waals surface area contributed by atoms with E-state index in [1.54, 1.807) is 18.5 Å². The lowest BCUT2D eigenvalue weighted by atomic mass is 10.3. The number of hydrogen-bond donors (Lipinski definition) is 1. The second-order valence-corrected chi connectivity index (χ2v) is 3.03. The third-order valence-electron chi connectivity index (χ3n) is 1.35. The van der Waals surface area contributed by atoms with Gasteiger partial charge in [-0.15, -0.1) is 0 Å². The summed E-state index contributed by atoms with van der Waals surface area (Å²) in [5.74, 6) is 0. The van der Waals surface area contributed by atoms with Gasteiger partial charge in [0.25, 0.3) is 0 Å². The van der Waals surface area contributed by atoms with E-state index in [1.165, 1.54) is 0 Å². The van der Waals surface area contributed by atoms with Crippen LogP contribution in [0, 0.1) is 0 Å². The SMILES string of the molecule is CCNC(=S)c1cnccc1Cl. The molecule has 0 saturated heterocycles. The highest BCUT2D eigenvalue weighted by Gasteiger charge is 2.03. The Morgan fingerprint density at radius 1 is 1.75 bits per heavy atom. The molecule has 0 atom stereocenters. The highest BCUT2D eigenvalue weighted by molar-refractivity contribution is 7.80. The van der Waals surface area contributed by atoms with Gasteiger partial charge in [-0.2, -0.15) is 0 Å². The smallest absolute Gasteiger partial charge is 0.109 e. The van der Waals surface area contributed by atoms with Crippen molar-refractivity contribution in [3.8, 4) is 0 Å². The van der Waals surface area contributed by atoms with E-state index in [-0.39, 0.29) is 0 Å². The van der Waals surface area contributed by atoms with E-state index in [2.05, 4.69) is 10.3 Å². The summed E-state index contributed by atoms with van der Waals surface area (Å²) in [6, 6.07) is 1.72. The Morgan fingerprint density at radius 3 is 3.08 bits per heavy atom. The van der Waals surface area contributed by atoms with Crippen molar-refractivity contribution in [1.29, 1.82) is 0 Å². The predicted molar refractivity (Wildman–Crippen MR) is 54.6 cm³/mol. The van der Waals surface area contributed by atoms with E-state index < -0.39 is 0 Å². The molecule has 1 aromatic rings. The van der Waals surface area contributed by atoms with Gasteiger partial charge in [0.2, 0.25) is 0 Å². The first kappa shape index (κ1) is 9.42. The van der Waals surface area contributed by atoms with Crippen LogP contribution in [0.4, 0.5) is 0 Å². The fourth-order valence-electron chi connectivity index (χ4n) is 0.800. The molecule has 12 heavy (non-hydrogen) atoms. The van der Waals surface area contributed by atoms with Crippen LogP contribution in [0.2, 0.25) is 5.02 Å². The van der Waals surface area contributed by atoms with Gasteiger partial charge in [-0.1, -0.05) is 23.8 Å². The van der Waals surface area contributed by atoms with Crippen molar-refractivity contribution in [3.05, 3.63) is 29.0 Å². The van der Waals surface area contributed by atoms with Crippen LogP contribution in [-0.2, 0) is 0 Å². The van der Waals surface area contributed by atoms with Crippen LogP contribution in [0.15, 0.2) is 18.5 Å². The summed E-state index contributed by atoms with van der Waals surface area (Å²) < 4.78 is 0. The first-order valence-electron chi connectivity index (χ1n) is 3.63. The summed E-state index contributed by atoms with van der Waals surface area (Å²) in [5.41, 5.74) is 0.788. The molecule has 0 unspecified atom stereocenters. The highest BCUT2D eigenvalue weighted by atomic mass is 35.5. The van der Waals surface area contributed by atoms with E-state index in [1.807, 2.05) is 6.92 Å². The number of halogens is 1. The first-order valence-corrected chi connectivity index (χ1v) is 4.42. The number of nitrogens with one attached hydrogen (secondary N) is 1. The van der Waals surface area contributed by atoms with Gasteiger partial charge in [-0.3, -0.25) is 4.98 Å². The molecular formula is C8H9ClN2S. The molecular weight excluding hydrogens is 192 g/mol. The second-order valence-electron chi connectivity index (χ2n) is 2.21. The molecule has 0 fully saturated rings. The topological polar surface area (TPSA) is 24.9 Å². The van der Waals surface area contributed by atoms with E-state index in [0.29, 0.717) is 10.0 Å². The lowest BCUT2D eigenvalue weighted by molar-refractivity contribution is 0.981. The third-order valence-corrected chi connectivity index (χ3v) is 2.04. The van der Waals surface area contributed by atoms with Crippen molar-refractivity contribution in [1.82, 2.24) is 10.3 Å². The molecule has 0 radical (unpaired) electrons. The molecule has 0 aliphatic heterocycles. The van der Waals surface area contributed by atoms with E-state index >= 15 is 0 Å². The van der Waals surface area contributed by atoms with Gasteiger partial charge in [0.15, 0.2) is 0 Å². The van der Waals surface area contributed by atoms with E-state index in [4.69, 9.17) is 23.8 Å². The van der Waals surface area contributed by atoms with Crippen LogP contribution in [-0.4, -0.2) is 16.5 Å². The van der Waals surface area contributed by atoms with Gasteiger partial charge in [0, 0.05) is 24.5 Å². The molecule has 1 rings (SSSR count). The standard InChI is InChI=1S/C8H9ClN2S/c1-2-11-8(12)6-5-10-4-3-7(6)9/h3-5H,2H2,1H3,(H,11,12). The van der Waals surface area contributed by atoms with Crippen LogP contribution in [0.5, 0.6) is 0 Å². The van der Waals surface area contributed by atoms with E-state index in [9.17, 15) is 0 Å². The molecule has 4 heteroatoms. The normalized spacial score (nSPS) is 9.50. The number of pyridine rings is 1. The van der Waals surface area contributed by atoms with Crippen molar-refractivity contribution in [2.24, 2.45) is 0 Å². The molecule has 1 aromatic heterocycles. The molecule has 1 N–H and O–H groups in total. The van der Waals surface area contributed by atoms with Gasteiger partial charge >= 0.3 is 0 Å². The minimum absolute atomic E-state index is 0.635. The van der Waals surface area contributed by atoms with Gasteiger partial charge in [0.05, 0.1) is 5.02 Å². The monoisotopic (exact) mass is 200 g/mol. The summed E-state index contributed by atoms with van der Waals surface area (Å²) in [4.78, 5) is 4.59. The summed E-state index contributed by atoms with van der Waals surface area (Å²) >= 11 is 11.0. The van der Waals surface area contributed by atoms with Gasteiger partial charge in [-0.25, -0.2) is 0 Å². The number of hydrogen-bond acceptors (Lipinski definition) is 2. The second kappa shape index (κ2) is 4.38. The van der Waals surface area contributed by atoms with Crippen LogP contribution >= 0.6 is 23.8 Å². The van der Waals surface area contributed by atoms with E-state index in [0.717, 1.165) is 12.1 Å². The first-order chi connectivity index (χ1) is 5.75. The number of thiocarbonyl (C=S) groups is 1. The Hall–Kier alpha value is -0.670. The molecule has 0 spiro atoms. The molecule has 0 aliphatic carbocycles. The van der Waals surface area contributed by atoms with Gasteiger partial charge in [0.1, 0.15) is 4.99 Å². The molecule has 0 aromatic carbocycles. The zero-order valence-corrected chi connectivity index (χ0v) is 8.25. The minimum atomic E-state index is 0.635. The maximum Gasteiger partial charge on any atom is 0.109 e. The maximum atomic E-state index is 5.89. The number of rotatable bonds is 2. The molecule has 64 valence electrons. The molecule has 2 nitrogen and oxygen atoms in total. The van der Waals surface area contributed by atoms with Crippen molar-refractivity contribution in [2.75, 3.05) is 6.54 Å². The van der Waals surface area contributed by atoms with Crippen LogP contribution in [0.25, 0.3) is 0 Å². The predicted octanol–water partition coefficient (Wildman–Crippen LogP) is 2.02. The Morgan fingerprint density at radius 2 is 2.50 bits per heavy atom. The fraction of sp³-hybridized carbons (Fsp3) is 0.250. The largest absolute Gasteiger partial charge is 0.376 e. The average molecular weight is 201 g/mol. The summed E-state index contributed by atoms with van der Waals surface area (Å²) in [6.07, 6.45) is 3.30. The molecule has 0 amide bonds. The van der Waals surface area contributed by atoms with Crippen LogP contribution < -0.4 is 5.32 Å². The van der Waals surface area contributed by atoms with Crippen molar-refractivity contribution in [3.63, 3.8) is 0 Å². The molecule has 0 saturated carbocycles. The quantitative estimate of drug-likeness (QED) is 0.740. The lowest BCUT2D eigenvalue weighted by Crippen LogP contribution is -2.21. The van der Waals surface area contributed by atoms with Gasteiger partial charge < -0.3 is 5.32 Å². The van der Waals surface area contributed by atoms with Gasteiger partial charge in [-0.05, 0) is 13.0 Å². The number of aromatic nitrogens is 1. The average Bonchev–Trinajstić information content (AvgIpc) is 2.05. The maximum absolute atomic E-state index is 5.89.